The van der Waals surface area contributed by atoms with Gasteiger partial charge in [0.05, 0.1) is 13.2 Å². The van der Waals surface area contributed by atoms with E-state index in [0.717, 1.165) is 32.8 Å². The minimum absolute atomic E-state index is 0.0464. The highest BCUT2D eigenvalue weighted by Crippen LogP contribution is 2.41. The van der Waals surface area contributed by atoms with Gasteiger partial charge in [0.1, 0.15) is 6.61 Å². The number of carboxylic acids is 1. The zero-order valence-corrected chi connectivity index (χ0v) is 17.1. The van der Waals surface area contributed by atoms with E-state index in [2.05, 4.69) is 29.3 Å². The van der Waals surface area contributed by atoms with E-state index >= 15 is 0 Å². The minimum Gasteiger partial charge on any atom is -0.475 e. The number of alkyl halides is 3. The van der Waals surface area contributed by atoms with Gasteiger partial charge < -0.3 is 19.9 Å². The Morgan fingerprint density at radius 3 is 2.69 bits per heavy atom. The van der Waals surface area contributed by atoms with Crippen LogP contribution in [0.3, 0.4) is 0 Å². The van der Waals surface area contributed by atoms with E-state index in [1.807, 2.05) is 11.3 Å². The lowest BCUT2D eigenvalue weighted by molar-refractivity contribution is -0.192. The number of hydrogen-bond acceptors (Lipinski definition) is 6. The van der Waals surface area contributed by atoms with Gasteiger partial charge in [0.2, 0.25) is 5.91 Å². The molecule has 29 heavy (non-hydrogen) atoms. The van der Waals surface area contributed by atoms with Crippen molar-refractivity contribution in [1.82, 2.24) is 10.2 Å². The standard InChI is InChI=1S/C16H24N2O3S.C2HF3O2/c1-12-3-4-14(22-12)6-18-5-13-7-21-11-16(13,10-18)9-17-15(19)8-20-2;3-2(4,5)1(6)7/h3-4,13H,5-11H2,1-2H3,(H,17,19);(H,6,7)/t13-,16+;/m1./s1. The van der Waals surface area contributed by atoms with Crippen molar-refractivity contribution in [3.8, 4) is 0 Å². The number of hydrogen-bond donors (Lipinski definition) is 2. The van der Waals surface area contributed by atoms with E-state index in [1.165, 1.54) is 9.75 Å². The molecule has 1 aromatic heterocycles. The molecular weight excluding hydrogens is 413 g/mol. The number of nitrogens with zero attached hydrogens (tertiary/aromatic N) is 1. The van der Waals surface area contributed by atoms with Crippen LogP contribution >= 0.6 is 11.3 Å². The fraction of sp³-hybridized carbons (Fsp3) is 0.667. The zero-order chi connectivity index (χ0) is 21.7. The molecule has 2 aliphatic rings. The number of aryl methyl sites for hydroxylation is 1. The van der Waals surface area contributed by atoms with Crippen LogP contribution in [0.5, 0.6) is 0 Å². The highest BCUT2D eigenvalue weighted by Gasteiger charge is 2.50. The molecule has 7 nitrogen and oxygen atoms in total. The van der Waals surface area contributed by atoms with Crippen LogP contribution in [0.25, 0.3) is 0 Å². The topological polar surface area (TPSA) is 88.1 Å². The van der Waals surface area contributed by atoms with Gasteiger partial charge in [0.25, 0.3) is 0 Å². The highest BCUT2D eigenvalue weighted by molar-refractivity contribution is 7.11. The van der Waals surface area contributed by atoms with Crippen molar-refractivity contribution in [3.05, 3.63) is 21.9 Å². The summed E-state index contributed by atoms with van der Waals surface area (Å²) in [5.41, 5.74) is 0.0652. The molecular formula is C18H25F3N2O5S. The van der Waals surface area contributed by atoms with Crippen LogP contribution in [0.2, 0.25) is 0 Å². The molecule has 2 aliphatic heterocycles. The third kappa shape index (κ3) is 6.66. The predicted molar refractivity (Wildman–Crippen MR) is 99.7 cm³/mol. The number of carbonyl (C=O) groups excluding carboxylic acids is 1. The van der Waals surface area contributed by atoms with Crippen LogP contribution in [-0.2, 0) is 25.6 Å². The Hall–Kier alpha value is -1.69. The Morgan fingerprint density at radius 1 is 1.45 bits per heavy atom. The second-order valence-electron chi connectivity index (χ2n) is 7.27. The van der Waals surface area contributed by atoms with Crippen molar-refractivity contribution >= 4 is 23.2 Å². The Bertz CT molecular complexity index is 712. The first-order valence-corrected chi connectivity index (χ1v) is 9.78. The van der Waals surface area contributed by atoms with Crippen molar-refractivity contribution < 1.29 is 37.3 Å². The lowest BCUT2D eigenvalue weighted by Gasteiger charge is -2.27. The summed E-state index contributed by atoms with van der Waals surface area (Å²) >= 11 is 1.87. The van der Waals surface area contributed by atoms with E-state index in [4.69, 9.17) is 19.4 Å². The quantitative estimate of drug-likeness (QED) is 0.706. The number of thiophene rings is 1. The van der Waals surface area contributed by atoms with Crippen LogP contribution in [-0.4, -0.2) is 74.6 Å². The highest BCUT2D eigenvalue weighted by atomic mass is 32.1. The van der Waals surface area contributed by atoms with Gasteiger partial charge in [-0.05, 0) is 19.1 Å². The fourth-order valence-electron chi connectivity index (χ4n) is 3.56. The average Bonchev–Trinajstić information content (AvgIpc) is 3.27. The second-order valence-corrected chi connectivity index (χ2v) is 8.64. The van der Waals surface area contributed by atoms with Gasteiger partial charge in [-0.2, -0.15) is 13.2 Å². The third-order valence-electron chi connectivity index (χ3n) is 4.92. The van der Waals surface area contributed by atoms with Gasteiger partial charge in [-0.15, -0.1) is 11.3 Å². The number of likely N-dealkylation sites (tertiary alicyclic amines) is 1. The molecule has 0 radical (unpaired) electrons. The summed E-state index contributed by atoms with van der Waals surface area (Å²) in [6.45, 7) is 7.54. The maximum absolute atomic E-state index is 11.7. The Kier molecular flexibility index (Phi) is 8.03. The largest absolute Gasteiger partial charge is 0.490 e. The Balaban J connectivity index is 0.000000370. The van der Waals surface area contributed by atoms with Gasteiger partial charge in [-0.3, -0.25) is 9.69 Å². The predicted octanol–water partition coefficient (Wildman–Crippen LogP) is 1.90. The van der Waals surface area contributed by atoms with E-state index in [1.54, 1.807) is 7.11 Å². The molecule has 0 aromatic carbocycles. The van der Waals surface area contributed by atoms with Crippen molar-refractivity contribution in [2.75, 3.05) is 46.6 Å². The molecule has 3 heterocycles. The van der Waals surface area contributed by atoms with Gasteiger partial charge in [-0.1, -0.05) is 0 Å². The smallest absolute Gasteiger partial charge is 0.475 e. The van der Waals surface area contributed by atoms with Crippen LogP contribution in [0, 0.1) is 18.3 Å². The number of amides is 1. The number of rotatable bonds is 6. The molecule has 1 amide bonds. The first-order valence-electron chi connectivity index (χ1n) is 8.97. The maximum atomic E-state index is 11.7. The molecule has 2 atom stereocenters. The molecule has 0 saturated carbocycles. The summed E-state index contributed by atoms with van der Waals surface area (Å²) in [6.07, 6.45) is -5.08. The Morgan fingerprint density at radius 2 is 2.14 bits per heavy atom. The number of ether oxygens (including phenoxy) is 2. The van der Waals surface area contributed by atoms with Gasteiger partial charge in [0.15, 0.2) is 0 Å². The van der Waals surface area contributed by atoms with Crippen molar-refractivity contribution in [2.45, 2.75) is 19.6 Å². The number of methoxy groups -OCH3 is 1. The molecule has 164 valence electrons. The average molecular weight is 438 g/mol. The van der Waals surface area contributed by atoms with Crippen molar-refractivity contribution in [3.63, 3.8) is 0 Å². The molecule has 2 N–H and O–H groups in total. The van der Waals surface area contributed by atoms with Crippen molar-refractivity contribution in [2.24, 2.45) is 11.3 Å². The van der Waals surface area contributed by atoms with Crippen LogP contribution in [0.15, 0.2) is 12.1 Å². The number of nitrogens with one attached hydrogen (secondary N) is 1. The van der Waals surface area contributed by atoms with Gasteiger partial charge in [0, 0.05) is 54.4 Å². The number of fused-ring (bicyclic) bond motifs is 1. The van der Waals surface area contributed by atoms with Crippen LogP contribution in [0.1, 0.15) is 9.75 Å². The zero-order valence-electron chi connectivity index (χ0n) is 16.3. The molecule has 0 aliphatic carbocycles. The van der Waals surface area contributed by atoms with E-state index in [0.29, 0.717) is 12.5 Å². The number of carbonyl (C=O) groups is 2. The Labute approximate surface area is 170 Å². The molecule has 2 saturated heterocycles. The molecule has 11 heteroatoms. The van der Waals surface area contributed by atoms with Crippen LogP contribution < -0.4 is 5.32 Å². The molecule has 2 fully saturated rings. The normalized spacial score (nSPS) is 24.0. The number of carboxylic acid groups (broad SMARTS) is 1. The molecule has 0 bridgehead atoms. The summed E-state index contributed by atoms with van der Waals surface area (Å²) in [5, 5.41) is 10.1. The van der Waals surface area contributed by atoms with E-state index < -0.39 is 12.1 Å². The first kappa shape index (κ1) is 23.6. The lowest BCUT2D eigenvalue weighted by atomic mass is 9.81. The molecule has 3 rings (SSSR count). The monoisotopic (exact) mass is 438 g/mol. The van der Waals surface area contributed by atoms with Gasteiger partial charge >= 0.3 is 12.1 Å². The van der Waals surface area contributed by atoms with E-state index in [-0.39, 0.29) is 17.9 Å². The van der Waals surface area contributed by atoms with Crippen molar-refractivity contribution in [1.29, 1.82) is 0 Å². The number of aliphatic carboxylic acids is 1. The van der Waals surface area contributed by atoms with Gasteiger partial charge in [-0.25, -0.2) is 4.79 Å². The first-order chi connectivity index (χ1) is 13.6. The lowest BCUT2D eigenvalue weighted by Crippen LogP contribution is -2.43. The molecule has 1 aromatic rings. The summed E-state index contributed by atoms with van der Waals surface area (Å²) in [4.78, 5) is 25.8. The molecule has 0 unspecified atom stereocenters. The summed E-state index contributed by atoms with van der Waals surface area (Å²) in [5.74, 6) is -2.29. The summed E-state index contributed by atoms with van der Waals surface area (Å²) in [7, 11) is 1.54. The second kappa shape index (κ2) is 9.88. The summed E-state index contributed by atoms with van der Waals surface area (Å²) < 4.78 is 42.3. The number of halogens is 3. The van der Waals surface area contributed by atoms with E-state index in [9.17, 15) is 18.0 Å². The summed E-state index contributed by atoms with van der Waals surface area (Å²) in [6, 6.07) is 4.40. The fourth-order valence-corrected chi connectivity index (χ4v) is 4.49. The minimum atomic E-state index is -5.08. The van der Waals surface area contributed by atoms with Crippen LogP contribution in [0.4, 0.5) is 13.2 Å². The maximum Gasteiger partial charge on any atom is 0.490 e. The third-order valence-corrected chi connectivity index (χ3v) is 5.91. The molecule has 0 spiro atoms. The SMILES string of the molecule is COCC(=O)NC[C@]12COC[C@H]1CN(Cc1ccc(C)s1)C2.O=C(O)C(F)(F)F.